The van der Waals surface area contributed by atoms with Crippen molar-refractivity contribution in [3.63, 3.8) is 0 Å². The van der Waals surface area contributed by atoms with Gasteiger partial charge in [0.15, 0.2) is 0 Å². The first-order valence-corrected chi connectivity index (χ1v) is 9.71. The van der Waals surface area contributed by atoms with E-state index in [1.54, 1.807) is 20.4 Å². The monoisotopic (exact) mass is 390 g/mol. The predicted molar refractivity (Wildman–Crippen MR) is 113 cm³/mol. The van der Waals surface area contributed by atoms with Crippen LogP contribution in [0.5, 0.6) is 11.5 Å². The van der Waals surface area contributed by atoms with Crippen LogP contribution in [0.1, 0.15) is 25.8 Å². The maximum atomic E-state index is 5.50. The fourth-order valence-electron chi connectivity index (χ4n) is 4.20. The molecule has 0 saturated heterocycles. The van der Waals surface area contributed by atoms with Gasteiger partial charge in [0.25, 0.3) is 0 Å². The summed E-state index contributed by atoms with van der Waals surface area (Å²) in [7, 11) is 3.26. The van der Waals surface area contributed by atoms with Crippen molar-refractivity contribution in [2.75, 3.05) is 26.1 Å². The van der Waals surface area contributed by atoms with Gasteiger partial charge in [-0.15, -0.1) is 5.10 Å². The summed E-state index contributed by atoms with van der Waals surface area (Å²) in [5.74, 6) is 1.85. The van der Waals surface area contributed by atoms with Crippen LogP contribution in [0.15, 0.2) is 54.7 Å². The molecule has 0 amide bonds. The van der Waals surface area contributed by atoms with E-state index in [4.69, 9.17) is 9.47 Å². The largest absolute Gasteiger partial charge is 0.496 e. The zero-order valence-corrected chi connectivity index (χ0v) is 17.3. The number of aromatic nitrogens is 3. The molecule has 0 aliphatic heterocycles. The van der Waals surface area contributed by atoms with Gasteiger partial charge in [0.1, 0.15) is 17.2 Å². The van der Waals surface area contributed by atoms with E-state index in [1.165, 1.54) is 5.56 Å². The lowest BCUT2D eigenvalue weighted by Gasteiger charge is -2.22. The van der Waals surface area contributed by atoms with E-state index in [0.29, 0.717) is 23.1 Å². The molecule has 0 bridgehead atoms. The van der Waals surface area contributed by atoms with Crippen molar-refractivity contribution in [3.8, 4) is 22.8 Å². The van der Waals surface area contributed by atoms with Crippen LogP contribution in [0, 0.1) is 5.41 Å². The molecule has 29 heavy (non-hydrogen) atoms. The van der Waals surface area contributed by atoms with Gasteiger partial charge in [0.2, 0.25) is 5.95 Å². The summed E-state index contributed by atoms with van der Waals surface area (Å²) in [5.41, 5.74) is 3.04. The molecule has 1 saturated carbocycles. The summed E-state index contributed by atoms with van der Waals surface area (Å²) >= 11 is 0. The second-order valence-corrected chi connectivity index (χ2v) is 8.07. The molecule has 2 aromatic carbocycles. The Morgan fingerprint density at radius 2 is 1.62 bits per heavy atom. The molecular weight excluding hydrogens is 364 g/mol. The number of hydrogen-bond donors (Lipinski definition) is 1. The third-order valence-corrected chi connectivity index (χ3v) is 6.03. The fraction of sp³-hybridized carbons (Fsp3) is 0.348. The topological polar surface area (TPSA) is 69.2 Å². The van der Waals surface area contributed by atoms with E-state index in [9.17, 15) is 0 Å². The number of rotatable bonds is 7. The quantitative estimate of drug-likeness (QED) is 0.647. The van der Waals surface area contributed by atoms with Gasteiger partial charge in [0, 0.05) is 12.0 Å². The second kappa shape index (κ2) is 7.35. The Morgan fingerprint density at radius 3 is 2.21 bits per heavy atom. The molecule has 6 nitrogen and oxygen atoms in total. The van der Waals surface area contributed by atoms with Gasteiger partial charge in [-0.25, -0.2) is 4.98 Å². The number of ether oxygens (including phenoxy) is 2. The molecule has 1 unspecified atom stereocenters. The van der Waals surface area contributed by atoms with E-state index in [0.717, 1.165) is 18.5 Å². The third-order valence-electron chi connectivity index (χ3n) is 6.03. The standard InChI is InChI=1S/C23H26N4O2/c1-22(2)14-23(22,16-9-6-5-7-10-16)15-24-21-26-17(13-25-27-21)20-18(28-3)11-8-12-19(20)29-4/h5-13H,14-15H2,1-4H3,(H,24,26,27). The number of nitrogens with zero attached hydrogens (tertiary/aromatic N) is 3. The predicted octanol–water partition coefficient (Wildman–Crippen LogP) is 4.34. The number of methoxy groups -OCH3 is 2. The van der Waals surface area contributed by atoms with E-state index >= 15 is 0 Å². The highest BCUT2D eigenvalue weighted by Gasteiger charge is 2.61. The summed E-state index contributed by atoms with van der Waals surface area (Å²) in [4.78, 5) is 4.69. The van der Waals surface area contributed by atoms with Crippen molar-refractivity contribution in [2.24, 2.45) is 5.41 Å². The Hall–Kier alpha value is -3.15. The van der Waals surface area contributed by atoms with Crippen LogP contribution >= 0.6 is 0 Å². The van der Waals surface area contributed by atoms with Crippen LogP contribution in [-0.2, 0) is 5.41 Å². The van der Waals surface area contributed by atoms with Crippen molar-refractivity contribution < 1.29 is 9.47 Å². The molecule has 1 aliphatic carbocycles. The molecule has 3 aromatic rings. The Kier molecular flexibility index (Phi) is 4.86. The molecule has 1 aliphatic rings. The molecule has 1 N–H and O–H groups in total. The summed E-state index contributed by atoms with van der Waals surface area (Å²) < 4.78 is 11.0. The summed E-state index contributed by atoms with van der Waals surface area (Å²) in [6, 6.07) is 16.3. The van der Waals surface area contributed by atoms with Crippen LogP contribution in [0.25, 0.3) is 11.3 Å². The molecule has 1 heterocycles. The molecule has 1 fully saturated rings. The molecule has 6 heteroatoms. The normalized spacial score (nSPS) is 19.4. The lowest BCUT2D eigenvalue weighted by molar-refractivity contribution is 0.397. The van der Waals surface area contributed by atoms with Crippen molar-refractivity contribution in [3.05, 3.63) is 60.3 Å². The van der Waals surface area contributed by atoms with Crippen molar-refractivity contribution in [2.45, 2.75) is 25.7 Å². The number of hydrogen-bond acceptors (Lipinski definition) is 6. The zero-order chi connectivity index (χ0) is 20.5. The van der Waals surface area contributed by atoms with E-state index < -0.39 is 0 Å². The van der Waals surface area contributed by atoms with E-state index in [-0.39, 0.29) is 10.8 Å². The molecule has 1 atom stereocenters. The molecule has 1 aromatic heterocycles. The molecule has 150 valence electrons. The number of nitrogens with one attached hydrogen (secondary N) is 1. The Morgan fingerprint density at radius 1 is 0.966 bits per heavy atom. The fourth-order valence-corrected chi connectivity index (χ4v) is 4.20. The van der Waals surface area contributed by atoms with Gasteiger partial charge >= 0.3 is 0 Å². The maximum absolute atomic E-state index is 5.50. The Bertz CT molecular complexity index is 985. The minimum Gasteiger partial charge on any atom is -0.496 e. The summed E-state index contributed by atoms with van der Waals surface area (Å²) in [6.07, 6.45) is 2.74. The van der Waals surface area contributed by atoms with Crippen molar-refractivity contribution in [1.82, 2.24) is 15.2 Å². The van der Waals surface area contributed by atoms with Gasteiger partial charge in [-0.05, 0) is 29.5 Å². The first-order valence-electron chi connectivity index (χ1n) is 9.71. The van der Waals surface area contributed by atoms with Crippen molar-refractivity contribution in [1.29, 1.82) is 0 Å². The van der Waals surface area contributed by atoms with E-state index in [2.05, 4.69) is 64.7 Å². The van der Waals surface area contributed by atoms with Crippen molar-refractivity contribution >= 4 is 5.95 Å². The third kappa shape index (κ3) is 3.39. The van der Waals surface area contributed by atoms with Crippen LogP contribution in [-0.4, -0.2) is 35.9 Å². The highest BCUT2D eigenvalue weighted by Crippen LogP contribution is 2.64. The summed E-state index contributed by atoms with van der Waals surface area (Å²) in [5, 5.41) is 11.8. The van der Waals surface area contributed by atoms with Gasteiger partial charge in [-0.1, -0.05) is 50.2 Å². The van der Waals surface area contributed by atoms with Crippen LogP contribution < -0.4 is 14.8 Å². The van der Waals surface area contributed by atoms with Gasteiger partial charge < -0.3 is 14.8 Å². The first-order chi connectivity index (χ1) is 14.0. The number of benzene rings is 2. The first kappa shape index (κ1) is 19.2. The zero-order valence-electron chi connectivity index (χ0n) is 17.3. The second-order valence-electron chi connectivity index (χ2n) is 8.07. The van der Waals surface area contributed by atoms with Crippen LogP contribution in [0.4, 0.5) is 5.95 Å². The SMILES string of the molecule is COc1cccc(OC)c1-c1cnnc(NCC2(c3ccccc3)CC2(C)C)n1. The lowest BCUT2D eigenvalue weighted by atomic mass is 9.88. The van der Waals surface area contributed by atoms with E-state index in [1.807, 2.05) is 18.2 Å². The molecular formula is C23H26N4O2. The molecule has 0 spiro atoms. The lowest BCUT2D eigenvalue weighted by Crippen LogP contribution is -2.25. The highest BCUT2D eigenvalue weighted by molar-refractivity contribution is 5.74. The number of anilines is 1. The average Bonchev–Trinajstić information content (AvgIpc) is 3.34. The molecule has 0 radical (unpaired) electrons. The highest BCUT2D eigenvalue weighted by atomic mass is 16.5. The maximum Gasteiger partial charge on any atom is 0.243 e. The Balaban J connectivity index is 1.61. The van der Waals surface area contributed by atoms with Gasteiger partial charge in [0.05, 0.1) is 26.0 Å². The average molecular weight is 390 g/mol. The minimum absolute atomic E-state index is 0.0652. The smallest absolute Gasteiger partial charge is 0.243 e. The molecule has 4 rings (SSSR count). The van der Waals surface area contributed by atoms with Crippen LogP contribution in [0.2, 0.25) is 0 Å². The van der Waals surface area contributed by atoms with Gasteiger partial charge in [-0.2, -0.15) is 5.10 Å². The van der Waals surface area contributed by atoms with Crippen LogP contribution in [0.3, 0.4) is 0 Å². The Labute approximate surface area is 171 Å². The van der Waals surface area contributed by atoms with Gasteiger partial charge in [-0.3, -0.25) is 0 Å². The summed E-state index contributed by atoms with van der Waals surface area (Å²) in [6.45, 7) is 5.35. The minimum atomic E-state index is 0.0652.